The van der Waals surface area contributed by atoms with Gasteiger partial charge in [0.05, 0.1) is 5.37 Å². The normalized spacial score (nSPS) is 36.4. The van der Waals surface area contributed by atoms with E-state index in [9.17, 15) is 14.7 Å². The Morgan fingerprint density at radius 1 is 1.14 bits per heavy atom. The highest BCUT2D eigenvalue weighted by Crippen LogP contribution is 2.37. The van der Waals surface area contributed by atoms with Gasteiger partial charge < -0.3 is 10.0 Å². The Hall–Kier alpha value is -0.910. The fourth-order valence-electron chi connectivity index (χ4n) is 4.13. The molecule has 2 saturated heterocycles. The van der Waals surface area contributed by atoms with Crippen LogP contribution in [0.3, 0.4) is 0 Å². The van der Waals surface area contributed by atoms with E-state index >= 15 is 0 Å². The highest BCUT2D eigenvalue weighted by Gasteiger charge is 2.44. The number of aliphatic carboxylic acids is 1. The SMILES string of the molecule is CC1SCC(C(=O)O)N1C(=O)N1CCCC2CCCCC21. The van der Waals surface area contributed by atoms with Crippen LogP contribution in [0, 0.1) is 5.92 Å². The Balaban J connectivity index is 1.78. The molecule has 1 saturated carbocycles. The Labute approximate surface area is 130 Å². The second kappa shape index (κ2) is 6.07. The van der Waals surface area contributed by atoms with E-state index in [0.717, 1.165) is 19.4 Å². The van der Waals surface area contributed by atoms with Crippen LogP contribution in [-0.4, -0.2) is 56.7 Å². The number of urea groups is 1. The van der Waals surface area contributed by atoms with E-state index in [4.69, 9.17) is 0 Å². The quantitative estimate of drug-likeness (QED) is 0.808. The average molecular weight is 312 g/mol. The minimum atomic E-state index is -0.877. The topological polar surface area (TPSA) is 60.9 Å². The number of carboxylic acids is 1. The number of amides is 2. The van der Waals surface area contributed by atoms with Crippen LogP contribution in [0.15, 0.2) is 0 Å². The molecule has 0 aromatic rings. The van der Waals surface area contributed by atoms with E-state index in [1.54, 1.807) is 16.7 Å². The van der Waals surface area contributed by atoms with Crippen LogP contribution in [0.25, 0.3) is 0 Å². The van der Waals surface area contributed by atoms with Crippen molar-refractivity contribution in [3.63, 3.8) is 0 Å². The molecular weight excluding hydrogens is 288 g/mol. The third kappa shape index (κ3) is 2.74. The van der Waals surface area contributed by atoms with Crippen LogP contribution >= 0.6 is 11.8 Å². The maximum Gasteiger partial charge on any atom is 0.327 e. The van der Waals surface area contributed by atoms with Gasteiger partial charge in [-0.05, 0) is 38.5 Å². The first-order valence-electron chi connectivity index (χ1n) is 8.03. The zero-order valence-corrected chi connectivity index (χ0v) is 13.3. The highest BCUT2D eigenvalue weighted by molar-refractivity contribution is 8.00. The van der Waals surface area contributed by atoms with Gasteiger partial charge >= 0.3 is 12.0 Å². The van der Waals surface area contributed by atoms with Crippen molar-refractivity contribution >= 4 is 23.8 Å². The average Bonchev–Trinajstić information content (AvgIpc) is 2.88. The zero-order valence-electron chi connectivity index (χ0n) is 12.5. The number of piperidine rings is 1. The van der Waals surface area contributed by atoms with E-state index in [1.165, 1.54) is 25.7 Å². The van der Waals surface area contributed by atoms with Gasteiger partial charge in [-0.15, -0.1) is 11.8 Å². The number of likely N-dealkylation sites (tertiary alicyclic amines) is 1. The van der Waals surface area contributed by atoms with Crippen LogP contribution in [0.4, 0.5) is 4.79 Å². The molecule has 1 aliphatic carbocycles. The molecule has 6 heteroatoms. The smallest absolute Gasteiger partial charge is 0.327 e. The molecule has 4 unspecified atom stereocenters. The minimum Gasteiger partial charge on any atom is -0.480 e. The number of carbonyl (C=O) groups is 2. The van der Waals surface area contributed by atoms with E-state index in [1.807, 2.05) is 11.8 Å². The van der Waals surface area contributed by atoms with Crippen LogP contribution < -0.4 is 0 Å². The molecule has 0 spiro atoms. The first-order chi connectivity index (χ1) is 10.1. The summed E-state index contributed by atoms with van der Waals surface area (Å²) in [6.45, 7) is 2.73. The van der Waals surface area contributed by atoms with Crippen molar-refractivity contribution in [2.24, 2.45) is 5.92 Å². The summed E-state index contributed by atoms with van der Waals surface area (Å²) in [5, 5.41) is 9.32. The van der Waals surface area contributed by atoms with E-state index < -0.39 is 12.0 Å². The third-order valence-corrected chi connectivity index (χ3v) is 6.44. The number of hydrogen-bond acceptors (Lipinski definition) is 3. The van der Waals surface area contributed by atoms with Crippen molar-refractivity contribution in [2.45, 2.75) is 62.9 Å². The molecule has 3 fully saturated rings. The van der Waals surface area contributed by atoms with Gasteiger partial charge in [0.15, 0.2) is 0 Å². The molecular formula is C15H24N2O3S. The standard InChI is InChI=1S/C15H24N2O3S/c1-10-17(13(9-21-10)14(18)19)15(20)16-8-4-6-11-5-2-3-7-12(11)16/h10-13H,2-9H2,1H3,(H,18,19). The number of hydrogen-bond donors (Lipinski definition) is 1. The monoisotopic (exact) mass is 312 g/mol. The van der Waals surface area contributed by atoms with Crippen molar-refractivity contribution in [3.8, 4) is 0 Å². The van der Waals surface area contributed by atoms with Gasteiger partial charge in [-0.1, -0.05) is 12.8 Å². The molecule has 0 bridgehead atoms. The van der Waals surface area contributed by atoms with Gasteiger partial charge in [-0.2, -0.15) is 0 Å². The minimum absolute atomic E-state index is 0.0393. The first-order valence-corrected chi connectivity index (χ1v) is 9.08. The lowest BCUT2D eigenvalue weighted by molar-refractivity contribution is -0.141. The molecule has 2 amide bonds. The predicted octanol–water partition coefficient (Wildman–Crippen LogP) is 2.61. The van der Waals surface area contributed by atoms with E-state index in [2.05, 4.69) is 0 Å². The van der Waals surface area contributed by atoms with E-state index in [0.29, 0.717) is 17.7 Å². The fraction of sp³-hybridized carbons (Fsp3) is 0.867. The van der Waals surface area contributed by atoms with Gasteiger partial charge in [0, 0.05) is 18.3 Å². The summed E-state index contributed by atoms with van der Waals surface area (Å²) in [4.78, 5) is 28.0. The van der Waals surface area contributed by atoms with Gasteiger partial charge in [-0.25, -0.2) is 9.59 Å². The van der Waals surface area contributed by atoms with Gasteiger partial charge in [0.1, 0.15) is 6.04 Å². The van der Waals surface area contributed by atoms with Crippen molar-refractivity contribution in [2.75, 3.05) is 12.3 Å². The zero-order chi connectivity index (χ0) is 15.0. The van der Waals surface area contributed by atoms with Crippen LogP contribution in [0.1, 0.15) is 45.4 Å². The van der Waals surface area contributed by atoms with E-state index in [-0.39, 0.29) is 11.4 Å². The molecule has 2 heterocycles. The molecule has 0 aromatic carbocycles. The third-order valence-electron chi connectivity index (χ3n) is 5.22. The first kappa shape index (κ1) is 15.0. The van der Waals surface area contributed by atoms with Gasteiger partial charge in [0.2, 0.25) is 0 Å². The molecule has 118 valence electrons. The van der Waals surface area contributed by atoms with Crippen LogP contribution in [0.5, 0.6) is 0 Å². The van der Waals surface area contributed by atoms with Gasteiger partial charge in [0.25, 0.3) is 0 Å². The molecule has 21 heavy (non-hydrogen) atoms. The van der Waals surface area contributed by atoms with Crippen molar-refractivity contribution in [1.82, 2.24) is 9.80 Å². The Morgan fingerprint density at radius 3 is 2.62 bits per heavy atom. The second-order valence-corrected chi connectivity index (χ2v) is 7.77. The summed E-state index contributed by atoms with van der Waals surface area (Å²) in [6.07, 6.45) is 7.06. The summed E-state index contributed by atoms with van der Waals surface area (Å²) in [6, 6.07) is -0.370. The summed E-state index contributed by atoms with van der Waals surface area (Å²) in [7, 11) is 0. The number of nitrogens with zero attached hydrogens (tertiary/aromatic N) is 2. The summed E-state index contributed by atoms with van der Waals surface area (Å²) < 4.78 is 0. The Bertz CT molecular complexity index is 429. The molecule has 5 nitrogen and oxygen atoms in total. The molecule has 1 N–H and O–H groups in total. The maximum absolute atomic E-state index is 13.0. The Morgan fingerprint density at radius 2 is 1.86 bits per heavy atom. The number of rotatable bonds is 1. The molecule has 0 radical (unpaired) electrons. The largest absolute Gasteiger partial charge is 0.480 e. The van der Waals surface area contributed by atoms with Crippen LogP contribution in [-0.2, 0) is 4.79 Å². The lowest BCUT2D eigenvalue weighted by atomic mass is 9.78. The summed E-state index contributed by atoms with van der Waals surface area (Å²) in [5.41, 5.74) is 0. The molecule has 3 aliphatic rings. The number of thioether (sulfide) groups is 1. The van der Waals surface area contributed by atoms with Crippen molar-refractivity contribution < 1.29 is 14.7 Å². The Kier molecular flexibility index (Phi) is 4.33. The van der Waals surface area contributed by atoms with Gasteiger partial charge in [-0.3, -0.25) is 4.90 Å². The number of carbonyl (C=O) groups excluding carboxylic acids is 1. The molecule has 0 aromatic heterocycles. The lowest BCUT2D eigenvalue weighted by Gasteiger charge is -2.46. The molecule has 3 rings (SSSR count). The molecule has 4 atom stereocenters. The second-order valence-electron chi connectivity index (χ2n) is 6.42. The van der Waals surface area contributed by atoms with Crippen molar-refractivity contribution in [1.29, 1.82) is 0 Å². The molecule has 2 aliphatic heterocycles. The fourth-order valence-corrected chi connectivity index (χ4v) is 5.30. The lowest BCUT2D eigenvalue weighted by Crippen LogP contribution is -2.57. The maximum atomic E-state index is 13.0. The number of fused-ring (bicyclic) bond motifs is 1. The van der Waals surface area contributed by atoms with Crippen LogP contribution in [0.2, 0.25) is 0 Å². The highest BCUT2D eigenvalue weighted by atomic mass is 32.2. The summed E-state index contributed by atoms with van der Waals surface area (Å²) in [5.74, 6) is 0.257. The van der Waals surface area contributed by atoms with Crippen molar-refractivity contribution in [3.05, 3.63) is 0 Å². The summed E-state index contributed by atoms with van der Waals surface area (Å²) >= 11 is 1.56. The predicted molar refractivity (Wildman–Crippen MR) is 82.3 cm³/mol. The number of carboxylic acid groups (broad SMARTS) is 1.